The Morgan fingerprint density at radius 2 is 1.57 bits per heavy atom. The van der Waals surface area contributed by atoms with Gasteiger partial charge in [0, 0.05) is 31.3 Å². The van der Waals surface area contributed by atoms with E-state index in [1.807, 2.05) is 0 Å². The van der Waals surface area contributed by atoms with Crippen LogP contribution in [0.2, 0.25) is 0 Å². The predicted molar refractivity (Wildman–Crippen MR) is 164 cm³/mol. The standard InChI is InChI=1S/C32H35F6N3O5S/c1-20(2)46-27-15-23(14-26(17-27)41-9-6-10-47(41,44)45)30(43)40-28(13-21-7-4-3-5-8-21)29(42)19-39-18-22-11-24(31(33,34)35)16-25(12-22)32(36,37)38/h3-5,7-8,11-12,14-17,20,28-29,39,42H,6,9-10,13,18-19H2,1-2H3,(H,40,43)/t28-,29+/m0/s1. The van der Waals surface area contributed by atoms with Crippen LogP contribution in [-0.2, 0) is 35.3 Å². The van der Waals surface area contributed by atoms with Crippen LogP contribution in [0.15, 0.2) is 66.7 Å². The monoisotopic (exact) mass is 687 g/mol. The van der Waals surface area contributed by atoms with Gasteiger partial charge in [0.2, 0.25) is 10.0 Å². The van der Waals surface area contributed by atoms with Gasteiger partial charge in [-0.05, 0) is 68.1 Å². The van der Waals surface area contributed by atoms with Crippen molar-refractivity contribution < 1.29 is 49.4 Å². The maximum atomic E-state index is 13.6. The maximum absolute atomic E-state index is 13.6. The first-order chi connectivity index (χ1) is 21.9. The summed E-state index contributed by atoms with van der Waals surface area (Å²) in [5.41, 5.74) is -2.18. The summed E-state index contributed by atoms with van der Waals surface area (Å²) in [6.07, 6.45) is -11.1. The van der Waals surface area contributed by atoms with Crippen LogP contribution >= 0.6 is 0 Å². The van der Waals surface area contributed by atoms with Crippen molar-refractivity contribution in [2.45, 2.75) is 63.8 Å². The van der Waals surface area contributed by atoms with Gasteiger partial charge in [-0.1, -0.05) is 30.3 Å². The normalized spacial score (nSPS) is 16.3. The first kappa shape index (κ1) is 36.0. The lowest BCUT2D eigenvalue weighted by Gasteiger charge is -2.26. The number of amides is 1. The van der Waals surface area contributed by atoms with Gasteiger partial charge in [-0.25, -0.2) is 8.42 Å². The molecule has 1 aliphatic heterocycles. The van der Waals surface area contributed by atoms with Crippen LogP contribution in [0.1, 0.15) is 52.9 Å². The zero-order valence-electron chi connectivity index (χ0n) is 25.5. The van der Waals surface area contributed by atoms with E-state index in [1.165, 1.54) is 22.5 Å². The van der Waals surface area contributed by atoms with E-state index in [2.05, 4.69) is 10.6 Å². The summed E-state index contributed by atoms with van der Waals surface area (Å²) in [5.74, 6) is -0.448. The zero-order chi connectivity index (χ0) is 34.6. The Bertz CT molecular complexity index is 1620. The summed E-state index contributed by atoms with van der Waals surface area (Å²) in [4.78, 5) is 13.6. The molecule has 1 fully saturated rings. The number of carbonyl (C=O) groups excluding carboxylic acids is 1. The zero-order valence-corrected chi connectivity index (χ0v) is 26.3. The van der Waals surface area contributed by atoms with Crippen molar-refractivity contribution in [3.63, 3.8) is 0 Å². The molecule has 3 aromatic carbocycles. The first-order valence-corrected chi connectivity index (χ1v) is 16.4. The number of aliphatic hydroxyl groups excluding tert-OH is 1. The topological polar surface area (TPSA) is 108 Å². The van der Waals surface area contributed by atoms with Crippen LogP contribution in [0, 0.1) is 0 Å². The number of rotatable bonds is 12. The molecule has 0 radical (unpaired) electrons. The van der Waals surface area contributed by atoms with E-state index >= 15 is 0 Å². The second-order valence-corrected chi connectivity index (χ2v) is 13.5. The maximum Gasteiger partial charge on any atom is 0.416 e. The third-order valence-corrected chi connectivity index (χ3v) is 9.19. The van der Waals surface area contributed by atoms with Crippen molar-refractivity contribution in [1.82, 2.24) is 10.6 Å². The summed E-state index contributed by atoms with van der Waals surface area (Å²) < 4.78 is 112. The second-order valence-electron chi connectivity index (χ2n) is 11.5. The molecule has 0 bridgehead atoms. The van der Waals surface area contributed by atoms with Crippen LogP contribution in [-0.4, -0.2) is 56.5 Å². The van der Waals surface area contributed by atoms with Gasteiger partial charge in [-0.2, -0.15) is 26.3 Å². The highest BCUT2D eigenvalue weighted by Crippen LogP contribution is 2.36. The number of nitrogens with zero attached hydrogens (tertiary/aromatic N) is 1. The van der Waals surface area contributed by atoms with Gasteiger partial charge in [0.05, 0.1) is 40.8 Å². The Hall–Kier alpha value is -3.82. The van der Waals surface area contributed by atoms with Crippen molar-refractivity contribution in [1.29, 1.82) is 0 Å². The molecule has 1 amide bonds. The molecule has 8 nitrogen and oxygen atoms in total. The Kier molecular flexibility index (Phi) is 11.1. The third-order valence-electron chi connectivity index (χ3n) is 7.32. The Morgan fingerprint density at radius 3 is 2.13 bits per heavy atom. The number of benzene rings is 3. The summed E-state index contributed by atoms with van der Waals surface area (Å²) in [5, 5.41) is 16.6. The van der Waals surface area contributed by atoms with Crippen LogP contribution in [0.25, 0.3) is 0 Å². The van der Waals surface area contributed by atoms with E-state index in [0.29, 0.717) is 18.6 Å². The molecule has 1 saturated heterocycles. The van der Waals surface area contributed by atoms with Crippen molar-refractivity contribution in [3.05, 3.63) is 94.5 Å². The van der Waals surface area contributed by atoms with E-state index in [9.17, 15) is 44.7 Å². The molecule has 0 unspecified atom stereocenters. The van der Waals surface area contributed by atoms with Gasteiger partial charge in [0.1, 0.15) is 5.75 Å². The quantitative estimate of drug-likeness (QED) is 0.216. The molecule has 3 aromatic rings. The Labute approximate surface area is 268 Å². The van der Waals surface area contributed by atoms with Crippen LogP contribution in [0.3, 0.4) is 0 Å². The van der Waals surface area contributed by atoms with E-state index in [4.69, 9.17) is 4.74 Å². The van der Waals surface area contributed by atoms with Crippen molar-refractivity contribution in [3.8, 4) is 5.75 Å². The summed E-state index contributed by atoms with van der Waals surface area (Å²) in [6, 6.07) is 13.4. The number of hydrogen-bond acceptors (Lipinski definition) is 6. The highest BCUT2D eigenvalue weighted by atomic mass is 32.2. The van der Waals surface area contributed by atoms with Gasteiger partial charge in [-0.15, -0.1) is 0 Å². The minimum absolute atomic E-state index is 0.0372. The fraction of sp³-hybridized carbons (Fsp3) is 0.406. The summed E-state index contributed by atoms with van der Waals surface area (Å²) in [7, 11) is -3.59. The molecular weight excluding hydrogens is 652 g/mol. The van der Waals surface area contributed by atoms with Gasteiger partial charge in [0.25, 0.3) is 5.91 Å². The fourth-order valence-corrected chi connectivity index (χ4v) is 6.71. The molecule has 47 heavy (non-hydrogen) atoms. The lowest BCUT2D eigenvalue weighted by molar-refractivity contribution is -0.143. The van der Waals surface area contributed by atoms with Crippen LogP contribution in [0.4, 0.5) is 32.0 Å². The van der Waals surface area contributed by atoms with Crippen LogP contribution < -0.4 is 19.7 Å². The van der Waals surface area contributed by atoms with E-state index in [1.54, 1.807) is 44.2 Å². The SMILES string of the molecule is CC(C)Oc1cc(C(=O)N[C@@H](Cc2ccccc2)[C@H](O)CNCc2cc(C(F)(F)F)cc(C(F)(F)F)c2)cc(N2CCCS2(=O)=O)c1. The molecule has 15 heteroatoms. The number of carbonyl (C=O) groups is 1. The van der Waals surface area contributed by atoms with Gasteiger partial charge in [-0.3, -0.25) is 9.10 Å². The number of sulfonamides is 1. The van der Waals surface area contributed by atoms with E-state index < -0.39 is 58.1 Å². The van der Waals surface area contributed by atoms with Crippen molar-refractivity contribution in [2.24, 2.45) is 0 Å². The number of anilines is 1. The largest absolute Gasteiger partial charge is 0.491 e. The predicted octanol–water partition coefficient (Wildman–Crippen LogP) is 5.54. The van der Waals surface area contributed by atoms with Gasteiger partial charge >= 0.3 is 12.4 Å². The molecular formula is C32H35F6N3O5S. The molecule has 0 spiro atoms. The Balaban J connectivity index is 1.56. The smallest absolute Gasteiger partial charge is 0.416 e. The van der Waals surface area contributed by atoms with E-state index in [-0.39, 0.29) is 60.0 Å². The average molecular weight is 688 g/mol. The molecule has 256 valence electrons. The van der Waals surface area contributed by atoms with Crippen molar-refractivity contribution in [2.75, 3.05) is 23.1 Å². The average Bonchev–Trinajstić information content (AvgIpc) is 3.34. The molecule has 3 N–H and O–H groups in total. The third kappa shape index (κ3) is 9.84. The second kappa shape index (κ2) is 14.5. The van der Waals surface area contributed by atoms with E-state index in [0.717, 1.165) is 5.56 Å². The van der Waals surface area contributed by atoms with Gasteiger partial charge in [0.15, 0.2) is 0 Å². The van der Waals surface area contributed by atoms with Crippen LogP contribution in [0.5, 0.6) is 5.75 Å². The lowest BCUT2D eigenvalue weighted by atomic mass is 10.00. The molecule has 4 rings (SSSR count). The summed E-state index contributed by atoms with van der Waals surface area (Å²) >= 11 is 0. The van der Waals surface area contributed by atoms with Crippen molar-refractivity contribution >= 4 is 21.6 Å². The number of aliphatic hydroxyl groups is 1. The lowest BCUT2D eigenvalue weighted by Crippen LogP contribution is -2.48. The first-order valence-electron chi connectivity index (χ1n) is 14.8. The highest BCUT2D eigenvalue weighted by Gasteiger charge is 2.37. The Morgan fingerprint density at radius 1 is 0.936 bits per heavy atom. The minimum Gasteiger partial charge on any atom is -0.491 e. The number of halogens is 6. The highest BCUT2D eigenvalue weighted by molar-refractivity contribution is 7.93. The number of nitrogens with one attached hydrogen (secondary N) is 2. The number of alkyl halides is 6. The molecule has 2 atom stereocenters. The molecule has 1 heterocycles. The fourth-order valence-electron chi connectivity index (χ4n) is 5.16. The molecule has 1 aliphatic rings. The number of ether oxygens (including phenoxy) is 1. The molecule has 0 aliphatic carbocycles. The minimum atomic E-state index is -5.00. The summed E-state index contributed by atoms with van der Waals surface area (Å²) in [6.45, 7) is 3.02. The van der Waals surface area contributed by atoms with Gasteiger partial charge < -0.3 is 20.5 Å². The molecule has 0 aromatic heterocycles. The number of hydrogen-bond donors (Lipinski definition) is 3. The molecule has 0 saturated carbocycles.